The molecule has 27 heavy (non-hydrogen) atoms. The SMILES string of the molecule is C=CC(=O)c1ccc2cc(C(=O)Oc3ccc(O)c(CCC)c3)ccc2c1. The number of allylic oxidation sites excluding steroid dienone is 1. The van der Waals surface area contributed by atoms with E-state index in [-0.39, 0.29) is 11.5 Å². The quantitative estimate of drug-likeness (QED) is 0.288. The summed E-state index contributed by atoms with van der Waals surface area (Å²) >= 11 is 0. The molecule has 0 radical (unpaired) electrons. The highest BCUT2D eigenvalue weighted by molar-refractivity contribution is 6.07. The molecule has 4 nitrogen and oxygen atoms in total. The number of phenolic OH excluding ortho intramolecular Hbond substituents is 1. The summed E-state index contributed by atoms with van der Waals surface area (Å²) in [7, 11) is 0. The average molecular weight is 360 g/mol. The van der Waals surface area contributed by atoms with Crippen LogP contribution in [0.2, 0.25) is 0 Å². The van der Waals surface area contributed by atoms with Gasteiger partial charge in [0.15, 0.2) is 5.78 Å². The zero-order valence-electron chi connectivity index (χ0n) is 15.1. The number of benzene rings is 3. The van der Waals surface area contributed by atoms with Crippen LogP contribution in [-0.4, -0.2) is 16.9 Å². The number of phenols is 1. The summed E-state index contributed by atoms with van der Waals surface area (Å²) in [4.78, 5) is 24.2. The number of rotatable bonds is 6. The first-order valence-electron chi connectivity index (χ1n) is 8.76. The first-order valence-corrected chi connectivity index (χ1v) is 8.76. The van der Waals surface area contributed by atoms with E-state index in [9.17, 15) is 14.7 Å². The van der Waals surface area contributed by atoms with E-state index in [1.54, 1.807) is 48.5 Å². The smallest absolute Gasteiger partial charge is 0.343 e. The van der Waals surface area contributed by atoms with Crippen molar-refractivity contribution in [2.75, 3.05) is 0 Å². The van der Waals surface area contributed by atoms with Gasteiger partial charge in [-0.15, -0.1) is 0 Å². The Hall–Kier alpha value is -3.40. The molecule has 0 unspecified atom stereocenters. The predicted octanol–water partition coefficient (Wildman–Crippen LogP) is 5.09. The van der Waals surface area contributed by atoms with E-state index in [2.05, 4.69) is 6.58 Å². The number of carbonyl (C=O) groups excluding carboxylic acids is 2. The molecular formula is C23H20O4. The van der Waals surface area contributed by atoms with Gasteiger partial charge in [0, 0.05) is 5.56 Å². The molecule has 4 heteroatoms. The van der Waals surface area contributed by atoms with Crippen molar-refractivity contribution in [2.45, 2.75) is 19.8 Å². The highest BCUT2D eigenvalue weighted by Gasteiger charge is 2.12. The number of hydrogen-bond acceptors (Lipinski definition) is 4. The Kier molecular flexibility index (Phi) is 5.36. The first-order chi connectivity index (χ1) is 13.0. The van der Waals surface area contributed by atoms with Crippen molar-refractivity contribution in [1.82, 2.24) is 0 Å². The second kappa shape index (κ2) is 7.87. The van der Waals surface area contributed by atoms with Crippen LogP contribution in [0.1, 0.15) is 39.6 Å². The summed E-state index contributed by atoms with van der Waals surface area (Å²) in [5.41, 5.74) is 1.72. The molecule has 3 aromatic rings. The summed E-state index contributed by atoms with van der Waals surface area (Å²) in [6.07, 6.45) is 2.86. The van der Waals surface area contributed by atoms with Gasteiger partial charge >= 0.3 is 5.97 Å². The third kappa shape index (κ3) is 4.06. The largest absolute Gasteiger partial charge is 0.508 e. The summed E-state index contributed by atoms with van der Waals surface area (Å²) in [5.74, 6) is -0.0209. The fraction of sp³-hybridized carbons (Fsp3) is 0.130. The fourth-order valence-electron chi connectivity index (χ4n) is 2.90. The van der Waals surface area contributed by atoms with Gasteiger partial charge in [0.05, 0.1) is 5.56 Å². The second-order valence-corrected chi connectivity index (χ2v) is 6.28. The number of carbonyl (C=O) groups is 2. The predicted molar refractivity (Wildman–Crippen MR) is 106 cm³/mol. The van der Waals surface area contributed by atoms with E-state index in [4.69, 9.17) is 4.74 Å². The third-order valence-electron chi connectivity index (χ3n) is 4.33. The number of aromatic hydroxyl groups is 1. The van der Waals surface area contributed by atoms with Gasteiger partial charge in [-0.25, -0.2) is 4.79 Å². The van der Waals surface area contributed by atoms with E-state index < -0.39 is 5.97 Å². The van der Waals surface area contributed by atoms with Crippen LogP contribution in [0.5, 0.6) is 11.5 Å². The highest BCUT2D eigenvalue weighted by atomic mass is 16.5. The number of hydrogen-bond donors (Lipinski definition) is 1. The molecule has 0 aliphatic heterocycles. The number of aryl methyl sites for hydroxylation is 1. The summed E-state index contributed by atoms with van der Waals surface area (Å²) in [5, 5.41) is 11.5. The van der Waals surface area contributed by atoms with Crippen molar-refractivity contribution >= 4 is 22.5 Å². The number of ether oxygens (including phenoxy) is 1. The molecule has 3 aromatic carbocycles. The average Bonchev–Trinajstić information content (AvgIpc) is 2.69. The van der Waals surface area contributed by atoms with Crippen LogP contribution in [0.15, 0.2) is 67.3 Å². The van der Waals surface area contributed by atoms with E-state index >= 15 is 0 Å². The topological polar surface area (TPSA) is 63.6 Å². The van der Waals surface area contributed by atoms with Gasteiger partial charge in [-0.3, -0.25) is 4.79 Å². The maximum absolute atomic E-state index is 12.5. The van der Waals surface area contributed by atoms with Gasteiger partial charge in [-0.1, -0.05) is 38.1 Å². The Morgan fingerprint density at radius 2 is 1.67 bits per heavy atom. The van der Waals surface area contributed by atoms with Crippen molar-refractivity contribution in [3.05, 3.63) is 83.9 Å². The van der Waals surface area contributed by atoms with Gasteiger partial charge in [-0.2, -0.15) is 0 Å². The van der Waals surface area contributed by atoms with Crippen LogP contribution in [0.25, 0.3) is 10.8 Å². The minimum absolute atomic E-state index is 0.143. The third-order valence-corrected chi connectivity index (χ3v) is 4.33. The van der Waals surface area contributed by atoms with Crippen LogP contribution < -0.4 is 4.74 Å². The molecule has 0 saturated heterocycles. The van der Waals surface area contributed by atoms with Crippen molar-refractivity contribution in [2.24, 2.45) is 0 Å². The molecular weight excluding hydrogens is 340 g/mol. The van der Waals surface area contributed by atoms with Crippen LogP contribution in [0, 0.1) is 0 Å². The highest BCUT2D eigenvalue weighted by Crippen LogP contribution is 2.25. The van der Waals surface area contributed by atoms with E-state index in [1.165, 1.54) is 12.1 Å². The molecule has 0 spiro atoms. The Labute approximate surface area is 157 Å². The molecule has 0 bridgehead atoms. The second-order valence-electron chi connectivity index (χ2n) is 6.28. The Morgan fingerprint density at radius 3 is 2.33 bits per heavy atom. The molecule has 0 saturated carbocycles. The van der Waals surface area contributed by atoms with Crippen molar-refractivity contribution in [3.8, 4) is 11.5 Å². The normalized spacial score (nSPS) is 10.6. The monoisotopic (exact) mass is 360 g/mol. The Bertz CT molecular complexity index is 1030. The molecule has 0 aliphatic rings. The standard InChI is InChI=1S/C23H20O4/c1-3-5-17-14-20(10-11-22(17)25)27-23(26)19-9-7-15-12-18(21(24)4-2)8-6-16(15)13-19/h4,6-14,25H,2-3,5H2,1H3. The van der Waals surface area contributed by atoms with Crippen LogP contribution >= 0.6 is 0 Å². The molecule has 0 aromatic heterocycles. The minimum Gasteiger partial charge on any atom is -0.508 e. The van der Waals surface area contributed by atoms with Crippen LogP contribution in [0.4, 0.5) is 0 Å². The minimum atomic E-state index is -0.476. The van der Waals surface area contributed by atoms with E-state index in [1.807, 2.05) is 6.92 Å². The maximum atomic E-state index is 12.5. The van der Waals surface area contributed by atoms with Crippen molar-refractivity contribution in [3.63, 3.8) is 0 Å². The van der Waals surface area contributed by atoms with E-state index in [0.717, 1.165) is 22.8 Å². The number of fused-ring (bicyclic) bond motifs is 1. The van der Waals surface area contributed by atoms with Gasteiger partial charge < -0.3 is 9.84 Å². The van der Waals surface area contributed by atoms with Crippen molar-refractivity contribution < 1.29 is 19.4 Å². The Balaban J connectivity index is 1.84. The van der Waals surface area contributed by atoms with E-state index in [0.29, 0.717) is 23.3 Å². The van der Waals surface area contributed by atoms with Crippen LogP contribution in [0.3, 0.4) is 0 Å². The zero-order chi connectivity index (χ0) is 19.4. The van der Waals surface area contributed by atoms with Crippen molar-refractivity contribution in [1.29, 1.82) is 0 Å². The van der Waals surface area contributed by atoms with Crippen LogP contribution in [-0.2, 0) is 6.42 Å². The zero-order valence-corrected chi connectivity index (χ0v) is 15.1. The Morgan fingerprint density at radius 1 is 1.00 bits per heavy atom. The van der Waals surface area contributed by atoms with Gasteiger partial charge in [0.25, 0.3) is 0 Å². The lowest BCUT2D eigenvalue weighted by Gasteiger charge is -2.09. The molecule has 1 N–H and O–H groups in total. The summed E-state index contributed by atoms with van der Waals surface area (Å²) in [6.45, 7) is 5.51. The first kappa shape index (κ1) is 18.4. The summed E-state index contributed by atoms with van der Waals surface area (Å²) < 4.78 is 5.45. The lowest BCUT2D eigenvalue weighted by atomic mass is 10.0. The number of ketones is 1. The number of esters is 1. The molecule has 136 valence electrons. The lowest BCUT2D eigenvalue weighted by molar-refractivity contribution is 0.0734. The molecule has 0 amide bonds. The molecule has 3 rings (SSSR count). The van der Waals surface area contributed by atoms with Gasteiger partial charge in [0.1, 0.15) is 11.5 Å². The fourth-order valence-corrected chi connectivity index (χ4v) is 2.90. The lowest BCUT2D eigenvalue weighted by Crippen LogP contribution is -2.08. The molecule has 0 heterocycles. The summed E-state index contributed by atoms with van der Waals surface area (Å²) in [6, 6.07) is 15.2. The maximum Gasteiger partial charge on any atom is 0.343 e. The molecule has 0 fully saturated rings. The molecule has 0 atom stereocenters. The van der Waals surface area contributed by atoms with Gasteiger partial charge in [-0.05, 0) is 65.2 Å². The molecule has 0 aliphatic carbocycles. The van der Waals surface area contributed by atoms with Gasteiger partial charge in [0.2, 0.25) is 0 Å².